The van der Waals surface area contributed by atoms with Gasteiger partial charge in [0.25, 0.3) is 5.56 Å². The third-order valence-electron chi connectivity index (χ3n) is 5.27. The summed E-state index contributed by atoms with van der Waals surface area (Å²) in [5.74, 6) is 0.650. The largest absolute Gasteiger partial charge is 0.382 e. The Labute approximate surface area is 182 Å². The average molecular weight is 433 g/mol. The summed E-state index contributed by atoms with van der Waals surface area (Å²) in [7, 11) is 0. The maximum atomic E-state index is 12.6. The van der Waals surface area contributed by atoms with Gasteiger partial charge >= 0.3 is 0 Å². The van der Waals surface area contributed by atoms with Crippen molar-refractivity contribution in [1.82, 2.24) is 15.1 Å². The van der Waals surface area contributed by atoms with Crippen LogP contribution >= 0.6 is 11.6 Å². The monoisotopic (exact) mass is 432 g/mol. The number of piperidine rings is 1. The van der Waals surface area contributed by atoms with Gasteiger partial charge in [0.2, 0.25) is 5.91 Å². The molecule has 7 nitrogen and oxygen atoms in total. The molecule has 0 saturated carbocycles. The van der Waals surface area contributed by atoms with Gasteiger partial charge in [-0.1, -0.05) is 17.7 Å². The molecule has 0 bridgehead atoms. The molecule has 1 saturated heterocycles. The molecule has 0 radical (unpaired) electrons. The highest BCUT2D eigenvalue weighted by Crippen LogP contribution is 2.22. The number of hydrogen-bond acceptors (Lipinski definition) is 5. The Morgan fingerprint density at radius 2 is 2.17 bits per heavy atom. The van der Waals surface area contributed by atoms with Crippen molar-refractivity contribution in [2.45, 2.75) is 33.1 Å². The lowest BCUT2D eigenvalue weighted by Crippen LogP contribution is -2.44. The first-order valence-corrected chi connectivity index (χ1v) is 10.8. The van der Waals surface area contributed by atoms with Gasteiger partial charge in [0, 0.05) is 43.9 Å². The smallest absolute Gasteiger partial charge is 0.271 e. The fourth-order valence-electron chi connectivity index (χ4n) is 3.54. The van der Waals surface area contributed by atoms with E-state index in [9.17, 15) is 9.59 Å². The number of aryl methyl sites for hydroxylation is 1. The average Bonchev–Trinajstić information content (AvgIpc) is 2.76. The van der Waals surface area contributed by atoms with Crippen molar-refractivity contribution in [3.8, 4) is 5.69 Å². The first kappa shape index (κ1) is 22.3. The normalized spacial score (nSPS) is 16.5. The lowest BCUT2D eigenvalue weighted by atomic mass is 9.97. The van der Waals surface area contributed by atoms with Crippen LogP contribution in [0, 0.1) is 12.8 Å². The van der Waals surface area contributed by atoms with Crippen molar-refractivity contribution in [3.63, 3.8) is 0 Å². The van der Waals surface area contributed by atoms with Crippen molar-refractivity contribution in [3.05, 3.63) is 51.3 Å². The van der Waals surface area contributed by atoms with E-state index in [0.29, 0.717) is 42.8 Å². The van der Waals surface area contributed by atoms with Crippen LogP contribution in [0.4, 0.5) is 5.82 Å². The van der Waals surface area contributed by atoms with Gasteiger partial charge in [0.05, 0.1) is 11.6 Å². The minimum Gasteiger partial charge on any atom is -0.382 e. The van der Waals surface area contributed by atoms with Crippen LogP contribution in [-0.4, -0.2) is 48.5 Å². The van der Waals surface area contributed by atoms with Gasteiger partial charge in [-0.2, -0.15) is 4.68 Å². The molecule has 1 aromatic carbocycles. The first-order valence-electron chi connectivity index (χ1n) is 10.5. The van der Waals surface area contributed by atoms with E-state index in [4.69, 9.17) is 16.3 Å². The summed E-state index contributed by atoms with van der Waals surface area (Å²) in [6, 6.07) is 8.66. The Balaban J connectivity index is 1.69. The summed E-state index contributed by atoms with van der Waals surface area (Å²) in [5, 5.41) is 8.14. The third-order valence-corrected chi connectivity index (χ3v) is 5.68. The number of hydrogen-bond donors (Lipinski definition) is 1. The molecule has 2 aromatic rings. The molecule has 1 atom stereocenters. The van der Waals surface area contributed by atoms with Gasteiger partial charge in [-0.25, -0.2) is 0 Å². The predicted octanol–water partition coefficient (Wildman–Crippen LogP) is 2.95. The van der Waals surface area contributed by atoms with Gasteiger partial charge in [0.15, 0.2) is 0 Å². The van der Waals surface area contributed by atoms with Crippen LogP contribution in [0.25, 0.3) is 5.69 Å². The zero-order valence-electron chi connectivity index (χ0n) is 17.6. The van der Waals surface area contributed by atoms with Crippen molar-refractivity contribution in [1.29, 1.82) is 0 Å². The van der Waals surface area contributed by atoms with Crippen LogP contribution in [0.1, 0.15) is 31.7 Å². The summed E-state index contributed by atoms with van der Waals surface area (Å²) in [6.45, 7) is 7.21. The van der Waals surface area contributed by atoms with Crippen LogP contribution < -0.4 is 15.8 Å². The molecule has 1 aliphatic heterocycles. The Hall–Kier alpha value is -2.38. The van der Waals surface area contributed by atoms with E-state index >= 15 is 0 Å². The zero-order chi connectivity index (χ0) is 21.5. The second kappa shape index (κ2) is 10.6. The van der Waals surface area contributed by atoms with Crippen molar-refractivity contribution < 1.29 is 9.53 Å². The van der Waals surface area contributed by atoms with E-state index < -0.39 is 0 Å². The molecule has 0 spiro atoms. The van der Waals surface area contributed by atoms with E-state index in [-0.39, 0.29) is 17.4 Å². The first-order chi connectivity index (χ1) is 14.5. The third kappa shape index (κ3) is 5.61. The quantitative estimate of drug-likeness (QED) is 0.649. The number of benzene rings is 1. The fraction of sp³-hybridized carbons (Fsp3) is 0.500. The number of ether oxygens (including phenoxy) is 1. The summed E-state index contributed by atoms with van der Waals surface area (Å²) in [5.41, 5.74) is 1.34. The van der Waals surface area contributed by atoms with E-state index in [1.54, 1.807) is 12.1 Å². The Kier molecular flexibility index (Phi) is 7.87. The molecule has 8 heteroatoms. The maximum Gasteiger partial charge on any atom is 0.271 e. The van der Waals surface area contributed by atoms with E-state index in [2.05, 4.69) is 15.3 Å². The van der Waals surface area contributed by atoms with Crippen LogP contribution in [0.3, 0.4) is 0 Å². The summed E-state index contributed by atoms with van der Waals surface area (Å²) in [4.78, 5) is 27.0. The number of rotatable bonds is 8. The SMILES string of the molecule is CCOCCCNC(=O)[C@H]1CCCN(c2ccc(=O)n(-c3ccc(C)c(Cl)c3)n2)C1. The highest BCUT2D eigenvalue weighted by atomic mass is 35.5. The van der Waals surface area contributed by atoms with Gasteiger partial charge in [-0.3, -0.25) is 9.59 Å². The number of carbonyl (C=O) groups excluding carboxylic acids is 1. The molecule has 1 fully saturated rings. The molecular formula is C22H29ClN4O3. The fourth-order valence-corrected chi connectivity index (χ4v) is 3.72. The second-order valence-corrected chi connectivity index (χ2v) is 7.91. The minimum atomic E-state index is -0.223. The summed E-state index contributed by atoms with van der Waals surface area (Å²) in [6.07, 6.45) is 2.55. The molecule has 30 heavy (non-hydrogen) atoms. The van der Waals surface area contributed by atoms with E-state index in [0.717, 1.165) is 31.4 Å². The molecule has 1 aliphatic rings. The van der Waals surface area contributed by atoms with E-state index in [1.165, 1.54) is 10.7 Å². The van der Waals surface area contributed by atoms with Crippen LogP contribution in [0.5, 0.6) is 0 Å². The Morgan fingerprint density at radius 1 is 1.33 bits per heavy atom. The van der Waals surface area contributed by atoms with Crippen molar-refractivity contribution in [2.24, 2.45) is 5.92 Å². The van der Waals surface area contributed by atoms with Gasteiger partial charge < -0.3 is 15.0 Å². The maximum absolute atomic E-state index is 12.6. The summed E-state index contributed by atoms with van der Waals surface area (Å²) < 4.78 is 6.66. The zero-order valence-corrected chi connectivity index (χ0v) is 18.3. The standard InChI is InChI=1S/C22H29ClN4O3/c1-3-30-13-5-11-24-22(29)17-6-4-12-26(15-17)20-9-10-21(28)27(25-20)18-8-7-16(2)19(23)14-18/h7-10,14,17H,3-6,11-13,15H2,1-2H3,(H,24,29)/t17-/m0/s1. The van der Waals surface area contributed by atoms with Gasteiger partial charge in [0.1, 0.15) is 5.82 Å². The number of halogens is 1. The number of nitrogens with one attached hydrogen (secondary N) is 1. The number of aromatic nitrogens is 2. The molecule has 1 N–H and O–H groups in total. The predicted molar refractivity (Wildman–Crippen MR) is 119 cm³/mol. The second-order valence-electron chi connectivity index (χ2n) is 7.50. The van der Waals surface area contributed by atoms with Crippen LogP contribution in [0.15, 0.2) is 35.1 Å². The van der Waals surface area contributed by atoms with Crippen LogP contribution in [0.2, 0.25) is 5.02 Å². The molecule has 1 amide bonds. The Bertz CT molecular complexity index is 931. The molecule has 1 aromatic heterocycles. The minimum absolute atomic E-state index is 0.0647. The van der Waals surface area contributed by atoms with Crippen molar-refractivity contribution >= 4 is 23.3 Å². The molecule has 3 rings (SSSR count). The van der Waals surface area contributed by atoms with Crippen molar-refractivity contribution in [2.75, 3.05) is 37.7 Å². The van der Waals surface area contributed by atoms with Gasteiger partial charge in [-0.05, 0) is 56.9 Å². The molecule has 0 unspecified atom stereocenters. The molecule has 0 aliphatic carbocycles. The highest BCUT2D eigenvalue weighted by molar-refractivity contribution is 6.31. The highest BCUT2D eigenvalue weighted by Gasteiger charge is 2.26. The molecule has 2 heterocycles. The summed E-state index contributed by atoms with van der Waals surface area (Å²) >= 11 is 6.22. The lowest BCUT2D eigenvalue weighted by molar-refractivity contribution is -0.125. The van der Waals surface area contributed by atoms with E-state index in [1.807, 2.05) is 26.0 Å². The number of anilines is 1. The van der Waals surface area contributed by atoms with Gasteiger partial charge in [-0.15, -0.1) is 5.10 Å². The molecule has 162 valence electrons. The van der Waals surface area contributed by atoms with Crippen LogP contribution in [-0.2, 0) is 9.53 Å². The topological polar surface area (TPSA) is 76.5 Å². The molecular weight excluding hydrogens is 404 g/mol. The number of carbonyl (C=O) groups is 1. The number of nitrogens with zero attached hydrogens (tertiary/aromatic N) is 3. The Morgan fingerprint density at radius 3 is 2.93 bits per heavy atom. The number of amides is 1. The lowest BCUT2D eigenvalue weighted by Gasteiger charge is -2.33.